The molecular weight excluding hydrogens is 247 g/mol. The fourth-order valence-electron chi connectivity index (χ4n) is 1.60. The van der Waals surface area contributed by atoms with E-state index < -0.39 is 0 Å². The lowest BCUT2D eigenvalue weighted by atomic mass is 10.1. The molecule has 0 spiro atoms. The molecule has 104 valence electrons. The van der Waals surface area contributed by atoms with E-state index in [2.05, 4.69) is 5.32 Å². The molecule has 0 radical (unpaired) electrons. The second kappa shape index (κ2) is 7.63. The van der Waals surface area contributed by atoms with E-state index in [0.29, 0.717) is 18.7 Å². The number of halogens is 1. The highest BCUT2D eigenvalue weighted by Crippen LogP contribution is 2.08. The predicted molar refractivity (Wildman–Crippen MR) is 71.5 cm³/mol. The fraction of sp³-hybridized carbons (Fsp3) is 0.429. The molecule has 1 amide bonds. The Morgan fingerprint density at radius 1 is 1.21 bits per heavy atom. The maximum atomic E-state index is 12.7. The van der Waals surface area contributed by atoms with Crippen molar-refractivity contribution in [1.82, 2.24) is 10.2 Å². The summed E-state index contributed by atoms with van der Waals surface area (Å²) in [6, 6.07) is 5.36. The Labute approximate surface area is 112 Å². The van der Waals surface area contributed by atoms with Gasteiger partial charge in [-0.15, -0.1) is 0 Å². The second-order valence-electron chi connectivity index (χ2n) is 4.35. The van der Waals surface area contributed by atoms with Crippen LogP contribution in [0.1, 0.15) is 23.2 Å². The van der Waals surface area contributed by atoms with E-state index in [4.69, 9.17) is 0 Å². The maximum Gasteiger partial charge on any atom is 0.222 e. The summed E-state index contributed by atoms with van der Waals surface area (Å²) in [7, 11) is 3.53. The topological polar surface area (TPSA) is 49.4 Å². The molecule has 0 aliphatic rings. The van der Waals surface area contributed by atoms with Crippen molar-refractivity contribution in [3.63, 3.8) is 0 Å². The molecule has 19 heavy (non-hydrogen) atoms. The monoisotopic (exact) mass is 266 g/mol. The molecule has 1 rings (SSSR count). The summed E-state index contributed by atoms with van der Waals surface area (Å²) >= 11 is 0. The van der Waals surface area contributed by atoms with Gasteiger partial charge in [0.2, 0.25) is 5.91 Å². The average Bonchev–Trinajstić information content (AvgIpc) is 2.42. The van der Waals surface area contributed by atoms with Gasteiger partial charge in [0.25, 0.3) is 0 Å². The van der Waals surface area contributed by atoms with Crippen LogP contribution in [0.15, 0.2) is 24.3 Å². The zero-order chi connectivity index (χ0) is 14.3. The Kier molecular flexibility index (Phi) is 6.15. The van der Waals surface area contributed by atoms with Crippen molar-refractivity contribution in [2.24, 2.45) is 0 Å². The van der Waals surface area contributed by atoms with Crippen LogP contribution in [0.25, 0.3) is 0 Å². The molecule has 5 heteroatoms. The van der Waals surface area contributed by atoms with Crippen LogP contribution in [0, 0.1) is 5.82 Å². The quantitative estimate of drug-likeness (QED) is 0.760. The number of carbonyl (C=O) groups excluding carboxylic acids is 2. The lowest BCUT2D eigenvalue weighted by Gasteiger charge is -2.16. The molecule has 1 aromatic rings. The van der Waals surface area contributed by atoms with Gasteiger partial charge in [0, 0.05) is 38.5 Å². The molecule has 0 aromatic heterocycles. The van der Waals surface area contributed by atoms with Crippen molar-refractivity contribution < 1.29 is 14.0 Å². The summed E-state index contributed by atoms with van der Waals surface area (Å²) in [4.78, 5) is 25.1. The first-order valence-corrected chi connectivity index (χ1v) is 6.22. The first-order valence-electron chi connectivity index (χ1n) is 6.22. The molecule has 0 fully saturated rings. The first-order chi connectivity index (χ1) is 9.04. The van der Waals surface area contributed by atoms with E-state index in [9.17, 15) is 14.0 Å². The van der Waals surface area contributed by atoms with Gasteiger partial charge in [-0.1, -0.05) is 0 Å². The number of benzene rings is 1. The van der Waals surface area contributed by atoms with Crippen LogP contribution in [0.5, 0.6) is 0 Å². The molecule has 0 saturated carbocycles. The summed E-state index contributed by atoms with van der Waals surface area (Å²) in [5, 5.41) is 2.95. The number of hydrogen-bond acceptors (Lipinski definition) is 3. The van der Waals surface area contributed by atoms with E-state index >= 15 is 0 Å². The zero-order valence-corrected chi connectivity index (χ0v) is 11.3. The van der Waals surface area contributed by atoms with Crippen molar-refractivity contribution in [3.8, 4) is 0 Å². The van der Waals surface area contributed by atoms with Crippen molar-refractivity contribution >= 4 is 11.7 Å². The Hall–Kier alpha value is -1.75. The highest BCUT2D eigenvalue weighted by molar-refractivity contribution is 5.97. The molecule has 4 nitrogen and oxygen atoms in total. The zero-order valence-electron chi connectivity index (χ0n) is 11.3. The van der Waals surface area contributed by atoms with Crippen LogP contribution in [0.3, 0.4) is 0 Å². The van der Waals surface area contributed by atoms with E-state index in [-0.39, 0.29) is 30.3 Å². The number of ketones is 1. The molecule has 0 saturated heterocycles. The number of hydrogen-bond donors (Lipinski definition) is 1. The molecule has 0 unspecified atom stereocenters. The first kappa shape index (κ1) is 15.3. The standard InChI is InChI=1S/C14H19FN2O2/c1-16-9-10-17(2)14(19)8-7-13(18)11-3-5-12(15)6-4-11/h3-6,16H,7-10H2,1-2H3. The van der Waals surface area contributed by atoms with Crippen LogP contribution in [-0.4, -0.2) is 43.8 Å². The fourth-order valence-corrected chi connectivity index (χ4v) is 1.60. The van der Waals surface area contributed by atoms with Crippen molar-refractivity contribution in [2.45, 2.75) is 12.8 Å². The maximum absolute atomic E-state index is 12.7. The highest BCUT2D eigenvalue weighted by atomic mass is 19.1. The van der Waals surface area contributed by atoms with Gasteiger partial charge in [0.15, 0.2) is 5.78 Å². The van der Waals surface area contributed by atoms with Gasteiger partial charge in [-0.3, -0.25) is 9.59 Å². The number of amides is 1. The average molecular weight is 266 g/mol. The summed E-state index contributed by atoms with van der Waals surface area (Å²) in [6.07, 6.45) is 0.324. The molecule has 0 bridgehead atoms. The predicted octanol–water partition coefficient (Wildman–Crippen LogP) is 1.47. The molecule has 1 aromatic carbocycles. The van der Waals surface area contributed by atoms with Gasteiger partial charge in [-0.05, 0) is 31.3 Å². The van der Waals surface area contributed by atoms with Crippen LogP contribution in [0.4, 0.5) is 4.39 Å². The van der Waals surface area contributed by atoms with E-state index in [1.54, 1.807) is 11.9 Å². The number of nitrogens with one attached hydrogen (secondary N) is 1. The van der Waals surface area contributed by atoms with Crippen LogP contribution in [-0.2, 0) is 4.79 Å². The molecule has 0 aliphatic heterocycles. The van der Waals surface area contributed by atoms with Crippen LogP contribution < -0.4 is 5.32 Å². The Morgan fingerprint density at radius 2 is 1.84 bits per heavy atom. The number of nitrogens with zero attached hydrogens (tertiary/aromatic N) is 1. The smallest absolute Gasteiger partial charge is 0.222 e. The molecule has 0 aliphatic carbocycles. The number of likely N-dealkylation sites (N-methyl/N-ethyl adjacent to an activating group) is 2. The summed E-state index contributed by atoms with van der Waals surface area (Å²) < 4.78 is 12.7. The van der Waals surface area contributed by atoms with Gasteiger partial charge in [0.05, 0.1) is 0 Å². The highest BCUT2D eigenvalue weighted by Gasteiger charge is 2.12. The summed E-state index contributed by atoms with van der Waals surface area (Å²) in [5.41, 5.74) is 0.437. The third-order valence-corrected chi connectivity index (χ3v) is 2.86. The van der Waals surface area contributed by atoms with E-state index in [1.807, 2.05) is 7.05 Å². The Balaban J connectivity index is 2.41. The van der Waals surface area contributed by atoms with Crippen LogP contribution in [0.2, 0.25) is 0 Å². The largest absolute Gasteiger partial charge is 0.344 e. The minimum absolute atomic E-state index is 0.0642. The molecule has 1 N–H and O–H groups in total. The van der Waals surface area contributed by atoms with Crippen molar-refractivity contribution in [2.75, 3.05) is 27.2 Å². The minimum Gasteiger partial charge on any atom is -0.344 e. The Bertz CT molecular complexity index is 432. The van der Waals surface area contributed by atoms with E-state index in [0.717, 1.165) is 0 Å². The molecular formula is C14H19FN2O2. The third kappa shape index (κ3) is 5.18. The van der Waals surface area contributed by atoms with Gasteiger partial charge in [-0.2, -0.15) is 0 Å². The SMILES string of the molecule is CNCCN(C)C(=O)CCC(=O)c1ccc(F)cc1. The van der Waals surface area contributed by atoms with Crippen molar-refractivity contribution in [1.29, 1.82) is 0 Å². The number of carbonyl (C=O) groups is 2. The van der Waals surface area contributed by atoms with Gasteiger partial charge in [-0.25, -0.2) is 4.39 Å². The van der Waals surface area contributed by atoms with Gasteiger partial charge < -0.3 is 10.2 Å². The lowest BCUT2D eigenvalue weighted by molar-refractivity contribution is -0.129. The second-order valence-corrected chi connectivity index (χ2v) is 4.35. The van der Waals surface area contributed by atoms with Crippen molar-refractivity contribution in [3.05, 3.63) is 35.6 Å². The molecule has 0 heterocycles. The Morgan fingerprint density at radius 3 is 2.42 bits per heavy atom. The normalized spacial score (nSPS) is 10.3. The van der Waals surface area contributed by atoms with Gasteiger partial charge >= 0.3 is 0 Å². The number of rotatable bonds is 7. The van der Waals surface area contributed by atoms with E-state index in [1.165, 1.54) is 24.3 Å². The number of Topliss-reactive ketones (excluding diaryl/α,β-unsaturated/α-hetero) is 1. The molecule has 0 atom stereocenters. The summed E-state index contributed by atoms with van der Waals surface area (Å²) in [6.45, 7) is 1.33. The lowest BCUT2D eigenvalue weighted by Crippen LogP contribution is -2.32. The van der Waals surface area contributed by atoms with Crippen LogP contribution >= 0.6 is 0 Å². The minimum atomic E-state index is -0.376. The van der Waals surface area contributed by atoms with Gasteiger partial charge in [0.1, 0.15) is 5.82 Å². The summed E-state index contributed by atoms with van der Waals surface area (Å²) in [5.74, 6) is -0.583. The third-order valence-electron chi connectivity index (χ3n) is 2.86.